The minimum atomic E-state index is -0.629. The van der Waals surface area contributed by atoms with Gasteiger partial charge in [0.25, 0.3) is 0 Å². The van der Waals surface area contributed by atoms with E-state index in [1.54, 1.807) is 9.80 Å². The number of hydrogen-bond acceptors (Lipinski definition) is 3. The van der Waals surface area contributed by atoms with Gasteiger partial charge in [-0.1, -0.05) is 0 Å². The van der Waals surface area contributed by atoms with Crippen molar-refractivity contribution in [1.82, 2.24) is 9.80 Å². The average Bonchev–Trinajstić information content (AvgIpc) is 3.07. The van der Waals surface area contributed by atoms with E-state index in [1.165, 1.54) is 0 Å². The first-order valence-electron chi connectivity index (χ1n) is 7.21. The summed E-state index contributed by atoms with van der Waals surface area (Å²) in [4.78, 5) is 27.6. The van der Waals surface area contributed by atoms with E-state index in [1.807, 2.05) is 13.8 Å². The monoisotopic (exact) mass is 266 g/mol. The third kappa shape index (κ3) is 2.14. The van der Waals surface area contributed by atoms with E-state index in [0.717, 1.165) is 12.8 Å². The molecule has 1 N–H and O–H groups in total. The highest BCUT2D eigenvalue weighted by Gasteiger charge is 2.54. The number of aliphatic hydroxyl groups is 1. The van der Waals surface area contributed by atoms with Crippen molar-refractivity contribution < 1.29 is 14.7 Å². The van der Waals surface area contributed by atoms with E-state index in [0.29, 0.717) is 32.0 Å². The molecule has 3 fully saturated rings. The van der Waals surface area contributed by atoms with Crippen LogP contribution in [0.2, 0.25) is 0 Å². The molecule has 1 atom stereocenters. The Balaban J connectivity index is 1.56. The lowest BCUT2D eigenvalue weighted by molar-refractivity contribution is -0.163. The number of likely N-dealkylation sites (tertiary alicyclic amines) is 2. The second-order valence-corrected chi connectivity index (χ2v) is 6.61. The van der Waals surface area contributed by atoms with E-state index in [-0.39, 0.29) is 23.8 Å². The molecule has 1 aliphatic carbocycles. The van der Waals surface area contributed by atoms with Gasteiger partial charge in [0.15, 0.2) is 0 Å². The molecule has 1 unspecified atom stereocenters. The lowest BCUT2D eigenvalue weighted by atomic mass is 9.87. The number of nitrogens with zero attached hydrogens (tertiary/aromatic N) is 2. The van der Waals surface area contributed by atoms with Gasteiger partial charge in [-0.3, -0.25) is 9.59 Å². The first kappa shape index (κ1) is 12.9. The van der Waals surface area contributed by atoms with Crippen LogP contribution in [0, 0.1) is 11.8 Å². The molecule has 19 heavy (non-hydrogen) atoms. The molecule has 3 rings (SSSR count). The number of carbonyl (C=O) groups is 2. The number of amides is 2. The summed E-state index contributed by atoms with van der Waals surface area (Å²) in [6.07, 6.45) is 2.50. The Labute approximate surface area is 113 Å². The van der Waals surface area contributed by atoms with Crippen molar-refractivity contribution in [2.45, 2.75) is 44.8 Å². The minimum absolute atomic E-state index is 0.0434. The molecule has 3 aliphatic rings. The molecule has 2 heterocycles. The summed E-state index contributed by atoms with van der Waals surface area (Å²) in [5, 5.41) is 10.2. The molecule has 0 aromatic carbocycles. The predicted molar refractivity (Wildman–Crippen MR) is 69.2 cm³/mol. The van der Waals surface area contributed by atoms with E-state index in [2.05, 4.69) is 0 Å². The first-order valence-corrected chi connectivity index (χ1v) is 7.21. The highest BCUT2D eigenvalue weighted by atomic mass is 16.3. The van der Waals surface area contributed by atoms with Gasteiger partial charge in [-0.15, -0.1) is 0 Å². The summed E-state index contributed by atoms with van der Waals surface area (Å²) >= 11 is 0. The van der Waals surface area contributed by atoms with Crippen LogP contribution in [-0.2, 0) is 9.59 Å². The molecule has 0 aromatic heterocycles. The molecule has 2 aliphatic heterocycles. The molecular formula is C14H22N2O3. The topological polar surface area (TPSA) is 60.9 Å². The summed E-state index contributed by atoms with van der Waals surface area (Å²) in [6, 6.07) is 0.157. The Hall–Kier alpha value is -1.10. The molecule has 0 spiro atoms. The number of rotatable bonds is 3. The lowest BCUT2D eigenvalue weighted by Gasteiger charge is -2.47. The van der Waals surface area contributed by atoms with Crippen LogP contribution in [0.5, 0.6) is 0 Å². The molecule has 0 radical (unpaired) electrons. The maximum atomic E-state index is 12.3. The standard InChI is InChI=1S/C14H22N2O3/c1-9(2)16-6-10(5-12(16)17)13(18)15-7-14(19,8-15)11-3-4-11/h9-11,19H,3-8H2,1-2H3. The zero-order valence-corrected chi connectivity index (χ0v) is 11.6. The third-order valence-corrected chi connectivity index (χ3v) is 4.71. The first-order chi connectivity index (χ1) is 8.90. The summed E-state index contributed by atoms with van der Waals surface area (Å²) in [6.45, 7) is 5.40. The fraction of sp³-hybridized carbons (Fsp3) is 0.857. The van der Waals surface area contributed by atoms with Gasteiger partial charge in [0.2, 0.25) is 11.8 Å². The van der Waals surface area contributed by atoms with Crippen LogP contribution in [0.1, 0.15) is 33.1 Å². The SMILES string of the molecule is CC(C)N1CC(C(=O)N2CC(O)(C3CC3)C2)CC1=O. The van der Waals surface area contributed by atoms with E-state index < -0.39 is 5.60 Å². The zero-order chi connectivity index (χ0) is 13.8. The summed E-state index contributed by atoms with van der Waals surface area (Å²) in [5.74, 6) is 0.306. The summed E-state index contributed by atoms with van der Waals surface area (Å²) in [7, 11) is 0. The second kappa shape index (κ2) is 4.20. The zero-order valence-electron chi connectivity index (χ0n) is 11.6. The van der Waals surface area contributed by atoms with Gasteiger partial charge in [-0.25, -0.2) is 0 Å². The molecule has 2 amide bonds. The van der Waals surface area contributed by atoms with Crippen molar-refractivity contribution >= 4 is 11.8 Å². The molecule has 5 heteroatoms. The Bertz CT molecular complexity index is 411. The maximum absolute atomic E-state index is 12.3. The number of carbonyl (C=O) groups excluding carboxylic acids is 2. The normalized spacial score (nSPS) is 29.9. The van der Waals surface area contributed by atoms with Crippen molar-refractivity contribution in [3.8, 4) is 0 Å². The Morgan fingerprint density at radius 2 is 2.00 bits per heavy atom. The molecule has 0 bridgehead atoms. The van der Waals surface area contributed by atoms with Crippen LogP contribution in [0.25, 0.3) is 0 Å². The molecule has 106 valence electrons. The minimum Gasteiger partial charge on any atom is -0.386 e. The van der Waals surface area contributed by atoms with Gasteiger partial charge >= 0.3 is 0 Å². The van der Waals surface area contributed by atoms with Crippen LogP contribution in [0.4, 0.5) is 0 Å². The summed E-state index contributed by atoms with van der Waals surface area (Å²) in [5.41, 5.74) is -0.629. The highest BCUT2D eigenvalue weighted by molar-refractivity contribution is 5.89. The molecule has 0 aromatic rings. The third-order valence-electron chi connectivity index (χ3n) is 4.71. The Morgan fingerprint density at radius 3 is 2.47 bits per heavy atom. The van der Waals surface area contributed by atoms with E-state index >= 15 is 0 Å². The fourth-order valence-electron chi connectivity index (χ4n) is 3.30. The Kier molecular flexibility index (Phi) is 2.85. The van der Waals surface area contributed by atoms with Crippen LogP contribution >= 0.6 is 0 Å². The van der Waals surface area contributed by atoms with Crippen LogP contribution in [0.15, 0.2) is 0 Å². The fourth-order valence-corrected chi connectivity index (χ4v) is 3.30. The van der Waals surface area contributed by atoms with Crippen molar-refractivity contribution in [2.24, 2.45) is 11.8 Å². The van der Waals surface area contributed by atoms with Gasteiger partial charge in [-0.05, 0) is 32.6 Å². The van der Waals surface area contributed by atoms with E-state index in [9.17, 15) is 14.7 Å². The number of hydrogen-bond donors (Lipinski definition) is 1. The van der Waals surface area contributed by atoms with Gasteiger partial charge in [0, 0.05) is 19.0 Å². The second-order valence-electron chi connectivity index (χ2n) is 6.61. The van der Waals surface area contributed by atoms with Crippen LogP contribution in [0.3, 0.4) is 0 Å². The van der Waals surface area contributed by atoms with E-state index in [4.69, 9.17) is 0 Å². The van der Waals surface area contributed by atoms with Crippen LogP contribution in [-0.4, -0.2) is 58.0 Å². The average molecular weight is 266 g/mol. The van der Waals surface area contributed by atoms with Gasteiger partial charge in [-0.2, -0.15) is 0 Å². The molecule has 1 saturated carbocycles. The Morgan fingerprint density at radius 1 is 1.37 bits per heavy atom. The number of β-amino-alcohol motifs (C(OH)–C–C–N with tert-alkyl or cyclic N) is 1. The van der Waals surface area contributed by atoms with Crippen molar-refractivity contribution in [1.29, 1.82) is 0 Å². The maximum Gasteiger partial charge on any atom is 0.228 e. The summed E-state index contributed by atoms with van der Waals surface area (Å²) < 4.78 is 0. The lowest BCUT2D eigenvalue weighted by Crippen LogP contribution is -2.65. The van der Waals surface area contributed by atoms with Crippen molar-refractivity contribution in [3.05, 3.63) is 0 Å². The molecular weight excluding hydrogens is 244 g/mol. The van der Waals surface area contributed by atoms with Gasteiger partial charge in [0.05, 0.1) is 19.0 Å². The smallest absolute Gasteiger partial charge is 0.228 e. The quantitative estimate of drug-likeness (QED) is 0.795. The largest absolute Gasteiger partial charge is 0.386 e. The van der Waals surface area contributed by atoms with Crippen molar-refractivity contribution in [3.63, 3.8) is 0 Å². The van der Waals surface area contributed by atoms with Gasteiger partial charge < -0.3 is 14.9 Å². The molecule has 2 saturated heterocycles. The molecule has 5 nitrogen and oxygen atoms in total. The van der Waals surface area contributed by atoms with Crippen molar-refractivity contribution in [2.75, 3.05) is 19.6 Å². The van der Waals surface area contributed by atoms with Crippen LogP contribution < -0.4 is 0 Å². The predicted octanol–water partition coefficient (Wildman–Crippen LogP) is 0.227. The highest BCUT2D eigenvalue weighted by Crippen LogP contribution is 2.45. The van der Waals surface area contributed by atoms with Gasteiger partial charge in [0.1, 0.15) is 5.60 Å².